The minimum Gasteiger partial charge on any atom is -0.387 e. The van der Waals surface area contributed by atoms with Gasteiger partial charge in [-0.1, -0.05) is 31.9 Å². The van der Waals surface area contributed by atoms with Crippen LogP contribution in [0, 0.1) is 17.2 Å². The third-order valence-corrected chi connectivity index (χ3v) is 3.89. The smallest absolute Gasteiger partial charge is 0.266 e. The number of rotatable bonds is 7. The standard InChI is InChI=1S/C17H25N3O/c1-4-10-20(11-5-2)17(21)15(12-18)13-19-16-9-7-6-8-14(16)3/h4-5,13-14,16,19H,1-2,6-11H2,3H3/b15-13-. The van der Waals surface area contributed by atoms with Crippen LogP contribution in [0.3, 0.4) is 0 Å². The molecule has 4 nitrogen and oxygen atoms in total. The van der Waals surface area contributed by atoms with Crippen molar-refractivity contribution in [3.8, 4) is 6.07 Å². The van der Waals surface area contributed by atoms with E-state index in [0.29, 0.717) is 25.0 Å². The number of carbonyl (C=O) groups excluding carboxylic acids is 1. The lowest BCUT2D eigenvalue weighted by Crippen LogP contribution is -2.36. The van der Waals surface area contributed by atoms with E-state index in [1.165, 1.54) is 19.3 Å². The maximum absolute atomic E-state index is 12.3. The van der Waals surface area contributed by atoms with E-state index in [2.05, 4.69) is 25.4 Å². The van der Waals surface area contributed by atoms with Crippen molar-refractivity contribution >= 4 is 5.91 Å². The molecule has 0 radical (unpaired) electrons. The Balaban J connectivity index is 2.73. The van der Waals surface area contributed by atoms with Gasteiger partial charge in [-0.3, -0.25) is 4.79 Å². The predicted octanol–water partition coefficient (Wildman–Crippen LogP) is 2.76. The fourth-order valence-electron chi connectivity index (χ4n) is 2.62. The van der Waals surface area contributed by atoms with Gasteiger partial charge >= 0.3 is 0 Å². The fraction of sp³-hybridized carbons (Fsp3) is 0.529. The van der Waals surface area contributed by atoms with Crippen molar-refractivity contribution < 1.29 is 4.79 Å². The van der Waals surface area contributed by atoms with E-state index in [9.17, 15) is 10.1 Å². The lowest BCUT2D eigenvalue weighted by Gasteiger charge is -2.29. The molecule has 1 aliphatic carbocycles. The van der Waals surface area contributed by atoms with Crippen LogP contribution in [0.1, 0.15) is 32.6 Å². The number of nitriles is 1. The lowest BCUT2D eigenvalue weighted by atomic mass is 9.86. The van der Waals surface area contributed by atoms with Gasteiger partial charge in [-0.05, 0) is 18.8 Å². The van der Waals surface area contributed by atoms with Gasteiger partial charge in [0.05, 0.1) is 0 Å². The molecule has 0 spiro atoms. The van der Waals surface area contributed by atoms with Gasteiger partial charge in [0.1, 0.15) is 11.6 Å². The van der Waals surface area contributed by atoms with Gasteiger partial charge in [0, 0.05) is 25.3 Å². The summed E-state index contributed by atoms with van der Waals surface area (Å²) >= 11 is 0. The molecule has 0 aromatic carbocycles. The van der Waals surface area contributed by atoms with Crippen LogP contribution in [-0.2, 0) is 4.79 Å². The van der Waals surface area contributed by atoms with E-state index in [0.717, 1.165) is 6.42 Å². The van der Waals surface area contributed by atoms with E-state index >= 15 is 0 Å². The number of nitrogens with zero attached hydrogens (tertiary/aromatic N) is 2. The molecular weight excluding hydrogens is 262 g/mol. The van der Waals surface area contributed by atoms with Crippen LogP contribution in [0.15, 0.2) is 37.1 Å². The first-order chi connectivity index (χ1) is 10.1. The van der Waals surface area contributed by atoms with Crippen LogP contribution in [0.4, 0.5) is 0 Å². The molecule has 1 rings (SSSR count). The minimum absolute atomic E-state index is 0.136. The topological polar surface area (TPSA) is 56.1 Å². The third-order valence-electron chi connectivity index (χ3n) is 3.89. The van der Waals surface area contributed by atoms with Gasteiger partial charge in [0.15, 0.2) is 0 Å². The predicted molar refractivity (Wildman–Crippen MR) is 85.2 cm³/mol. The van der Waals surface area contributed by atoms with Crippen LogP contribution < -0.4 is 5.32 Å². The van der Waals surface area contributed by atoms with E-state index in [1.54, 1.807) is 23.3 Å². The average molecular weight is 287 g/mol. The van der Waals surface area contributed by atoms with Crippen LogP contribution in [0.2, 0.25) is 0 Å². The summed E-state index contributed by atoms with van der Waals surface area (Å²) in [6, 6.07) is 2.34. The number of nitrogens with one attached hydrogen (secondary N) is 1. The quantitative estimate of drug-likeness (QED) is 0.445. The zero-order valence-corrected chi connectivity index (χ0v) is 12.8. The lowest BCUT2D eigenvalue weighted by molar-refractivity contribution is -0.125. The Hall–Kier alpha value is -2.02. The highest BCUT2D eigenvalue weighted by molar-refractivity contribution is 5.97. The Morgan fingerprint density at radius 2 is 1.95 bits per heavy atom. The number of carbonyl (C=O) groups is 1. The first-order valence-electron chi connectivity index (χ1n) is 7.51. The molecule has 1 saturated carbocycles. The van der Waals surface area contributed by atoms with Crippen LogP contribution in [-0.4, -0.2) is 29.9 Å². The number of amides is 1. The molecule has 21 heavy (non-hydrogen) atoms. The van der Waals surface area contributed by atoms with E-state index in [4.69, 9.17) is 0 Å². The molecule has 1 N–H and O–H groups in total. The Kier molecular flexibility index (Phi) is 7.31. The highest BCUT2D eigenvalue weighted by Gasteiger charge is 2.21. The summed E-state index contributed by atoms with van der Waals surface area (Å²) in [6.45, 7) is 10.3. The summed E-state index contributed by atoms with van der Waals surface area (Å²) in [5.74, 6) is 0.288. The maximum atomic E-state index is 12.3. The Morgan fingerprint density at radius 1 is 1.33 bits per heavy atom. The summed E-state index contributed by atoms with van der Waals surface area (Å²) in [7, 11) is 0. The molecule has 1 amide bonds. The summed E-state index contributed by atoms with van der Waals surface area (Å²) in [4.78, 5) is 13.9. The molecule has 0 aromatic rings. The van der Waals surface area contributed by atoms with Gasteiger partial charge in [-0.2, -0.15) is 5.26 Å². The summed E-state index contributed by atoms with van der Waals surface area (Å²) in [5, 5.41) is 12.5. The summed E-state index contributed by atoms with van der Waals surface area (Å²) in [5.41, 5.74) is 0.136. The molecule has 0 bridgehead atoms. The molecule has 1 aliphatic rings. The minimum atomic E-state index is -0.284. The third kappa shape index (κ3) is 5.11. The number of hydrogen-bond donors (Lipinski definition) is 1. The molecule has 1 fully saturated rings. The SMILES string of the molecule is C=CCN(CC=C)C(=O)/C(C#N)=C\NC1CCCCC1C. The summed E-state index contributed by atoms with van der Waals surface area (Å²) in [6.07, 6.45) is 9.62. The monoisotopic (exact) mass is 287 g/mol. The van der Waals surface area contributed by atoms with Crippen molar-refractivity contribution in [3.05, 3.63) is 37.1 Å². The van der Waals surface area contributed by atoms with Gasteiger partial charge in [0.2, 0.25) is 0 Å². The molecule has 0 saturated heterocycles. The first kappa shape index (κ1) is 17.0. The van der Waals surface area contributed by atoms with Crippen LogP contribution in [0.5, 0.6) is 0 Å². The zero-order chi connectivity index (χ0) is 15.7. The second-order valence-corrected chi connectivity index (χ2v) is 5.49. The molecule has 2 atom stereocenters. The van der Waals surface area contributed by atoms with Gasteiger partial charge in [0.25, 0.3) is 5.91 Å². The van der Waals surface area contributed by atoms with Crippen LogP contribution >= 0.6 is 0 Å². The van der Waals surface area contributed by atoms with Crippen molar-refractivity contribution in [1.29, 1.82) is 5.26 Å². The highest BCUT2D eigenvalue weighted by Crippen LogP contribution is 2.23. The molecule has 2 unspecified atom stereocenters. The van der Waals surface area contributed by atoms with E-state index < -0.39 is 0 Å². The van der Waals surface area contributed by atoms with Crippen molar-refractivity contribution in [3.63, 3.8) is 0 Å². The Morgan fingerprint density at radius 3 is 2.48 bits per heavy atom. The zero-order valence-electron chi connectivity index (χ0n) is 12.8. The second kappa shape index (κ2) is 9.02. The molecule has 0 aromatic heterocycles. The second-order valence-electron chi connectivity index (χ2n) is 5.49. The molecule has 4 heteroatoms. The Labute approximate surface area is 127 Å². The number of hydrogen-bond acceptors (Lipinski definition) is 3. The van der Waals surface area contributed by atoms with Crippen molar-refractivity contribution in [2.75, 3.05) is 13.1 Å². The molecular formula is C17H25N3O. The van der Waals surface area contributed by atoms with E-state index in [1.807, 2.05) is 6.07 Å². The maximum Gasteiger partial charge on any atom is 0.266 e. The largest absolute Gasteiger partial charge is 0.387 e. The summed E-state index contributed by atoms with van der Waals surface area (Å²) < 4.78 is 0. The molecule has 0 heterocycles. The normalized spacial score (nSPS) is 22.0. The van der Waals surface area contributed by atoms with E-state index in [-0.39, 0.29) is 11.5 Å². The van der Waals surface area contributed by atoms with Crippen molar-refractivity contribution in [2.45, 2.75) is 38.6 Å². The fourth-order valence-corrected chi connectivity index (χ4v) is 2.62. The van der Waals surface area contributed by atoms with Gasteiger partial charge < -0.3 is 10.2 Å². The molecule has 114 valence electrons. The molecule has 0 aliphatic heterocycles. The highest BCUT2D eigenvalue weighted by atomic mass is 16.2. The average Bonchev–Trinajstić information content (AvgIpc) is 2.49. The van der Waals surface area contributed by atoms with Gasteiger partial charge in [-0.25, -0.2) is 0 Å². The van der Waals surface area contributed by atoms with Crippen LogP contribution in [0.25, 0.3) is 0 Å². The van der Waals surface area contributed by atoms with Crippen molar-refractivity contribution in [2.24, 2.45) is 5.92 Å². The van der Waals surface area contributed by atoms with Crippen molar-refractivity contribution in [1.82, 2.24) is 10.2 Å². The first-order valence-corrected chi connectivity index (χ1v) is 7.51. The van der Waals surface area contributed by atoms with Gasteiger partial charge in [-0.15, -0.1) is 13.2 Å². The Bertz CT molecular complexity index is 437.